The molecule has 0 radical (unpaired) electrons. The molecular weight excluding hydrogens is 336 g/mol. The Morgan fingerprint density at radius 2 is 1.96 bits per heavy atom. The molecule has 2 atom stereocenters. The molecule has 2 rings (SSSR count). The first-order valence-electron chi connectivity index (χ1n) is 10.6. The second kappa shape index (κ2) is 12.1. The summed E-state index contributed by atoms with van der Waals surface area (Å²) < 4.78 is 11.8. The van der Waals surface area contributed by atoms with Crippen LogP contribution in [0.2, 0.25) is 0 Å². The van der Waals surface area contributed by atoms with E-state index in [1.54, 1.807) is 0 Å². The topological polar surface area (TPSA) is 35.5 Å². The van der Waals surface area contributed by atoms with Gasteiger partial charge in [0.25, 0.3) is 0 Å². The molecule has 150 valence electrons. The average Bonchev–Trinajstić information content (AvgIpc) is 2.67. The van der Waals surface area contributed by atoms with E-state index >= 15 is 0 Å². The molecule has 3 nitrogen and oxygen atoms in total. The largest absolute Gasteiger partial charge is 0.353 e. The Kier molecular flexibility index (Phi) is 9.79. The van der Waals surface area contributed by atoms with Crippen LogP contribution in [-0.4, -0.2) is 24.8 Å². The van der Waals surface area contributed by atoms with Gasteiger partial charge in [-0.25, -0.2) is 0 Å². The number of hydrogen-bond acceptors (Lipinski definition) is 3. The van der Waals surface area contributed by atoms with Crippen molar-refractivity contribution in [2.24, 2.45) is 5.92 Å². The molecular formula is C24H36O3. The molecule has 2 unspecified atom stereocenters. The van der Waals surface area contributed by atoms with E-state index in [9.17, 15) is 4.79 Å². The van der Waals surface area contributed by atoms with Crippen molar-refractivity contribution >= 4 is 5.78 Å². The number of allylic oxidation sites excluding steroid dienone is 2. The maximum absolute atomic E-state index is 12.2. The molecule has 27 heavy (non-hydrogen) atoms. The van der Waals surface area contributed by atoms with Crippen LogP contribution in [0.3, 0.4) is 0 Å². The zero-order valence-electron chi connectivity index (χ0n) is 17.3. The Morgan fingerprint density at radius 1 is 1.19 bits per heavy atom. The second-order valence-corrected chi connectivity index (χ2v) is 8.09. The lowest BCUT2D eigenvalue weighted by Crippen LogP contribution is -2.32. The monoisotopic (exact) mass is 372 g/mol. The number of ether oxygens (including phenoxy) is 2. The highest BCUT2D eigenvalue weighted by Crippen LogP contribution is 2.21. The number of hydrogen-bond donors (Lipinski definition) is 0. The van der Waals surface area contributed by atoms with Crippen LogP contribution in [0.5, 0.6) is 0 Å². The molecule has 0 amide bonds. The predicted octanol–water partition coefficient (Wildman–Crippen LogP) is 6.33. The van der Waals surface area contributed by atoms with E-state index in [0.717, 1.165) is 43.8 Å². The first-order chi connectivity index (χ1) is 13.0. The summed E-state index contributed by atoms with van der Waals surface area (Å²) >= 11 is 0. The Hall–Kier alpha value is -1.45. The van der Waals surface area contributed by atoms with E-state index in [1.165, 1.54) is 24.8 Å². The Balaban J connectivity index is 1.66. The fourth-order valence-electron chi connectivity index (χ4n) is 3.43. The normalized spacial score (nSPS) is 20.8. The summed E-state index contributed by atoms with van der Waals surface area (Å²) in [6.07, 6.45) is 10.2. The number of benzene rings is 1. The summed E-state index contributed by atoms with van der Waals surface area (Å²) in [5.74, 6) is 0.981. The smallest absolute Gasteiger partial charge is 0.162 e. The lowest BCUT2D eigenvalue weighted by Gasteiger charge is -2.30. The predicted molar refractivity (Wildman–Crippen MR) is 111 cm³/mol. The maximum atomic E-state index is 12.2. The van der Waals surface area contributed by atoms with Gasteiger partial charge in [0.05, 0.1) is 12.7 Å². The molecule has 1 fully saturated rings. The first-order valence-corrected chi connectivity index (χ1v) is 10.6. The number of ketones is 1. The van der Waals surface area contributed by atoms with Gasteiger partial charge in [0, 0.05) is 18.4 Å². The van der Waals surface area contributed by atoms with Crippen LogP contribution in [0.1, 0.15) is 82.5 Å². The molecule has 1 heterocycles. The molecule has 1 aromatic carbocycles. The Labute approximate surface area is 165 Å². The molecule has 1 aromatic rings. The molecule has 3 heteroatoms. The van der Waals surface area contributed by atoms with Crippen LogP contribution in [-0.2, 0) is 9.47 Å². The van der Waals surface area contributed by atoms with Gasteiger partial charge in [-0.1, -0.05) is 62.2 Å². The summed E-state index contributed by atoms with van der Waals surface area (Å²) in [5.41, 5.74) is 2.26. The van der Waals surface area contributed by atoms with Gasteiger partial charge in [0.2, 0.25) is 0 Å². The summed E-state index contributed by atoms with van der Waals surface area (Å²) in [6.45, 7) is 7.51. The third-order valence-electron chi connectivity index (χ3n) is 5.12. The fourth-order valence-corrected chi connectivity index (χ4v) is 3.43. The highest BCUT2D eigenvalue weighted by Gasteiger charge is 2.23. The maximum Gasteiger partial charge on any atom is 0.162 e. The van der Waals surface area contributed by atoms with Gasteiger partial charge in [-0.05, 0) is 44.9 Å². The summed E-state index contributed by atoms with van der Waals surface area (Å²) in [5, 5.41) is 0. The zero-order valence-corrected chi connectivity index (χ0v) is 17.3. The van der Waals surface area contributed by atoms with Crippen LogP contribution in [0.25, 0.3) is 0 Å². The van der Waals surface area contributed by atoms with E-state index in [2.05, 4.69) is 26.8 Å². The molecule has 0 aliphatic carbocycles. The zero-order chi connectivity index (χ0) is 19.5. The summed E-state index contributed by atoms with van der Waals surface area (Å²) in [6, 6.07) is 9.51. The van der Waals surface area contributed by atoms with Crippen molar-refractivity contribution in [1.29, 1.82) is 0 Å². The van der Waals surface area contributed by atoms with Crippen molar-refractivity contribution in [2.75, 3.05) is 6.61 Å². The highest BCUT2D eigenvalue weighted by atomic mass is 16.7. The highest BCUT2D eigenvalue weighted by molar-refractivity contribution is 5.95. The van der Waals surface area contributed by atoms with Crippen LogP contribution in [0.4, 0.5) is 0 Å². The minimum Gasteiger partial charge on any atom is -0.353 e. The van der Waals surface area contributed by atoms with Crippen molar-refractivity contribution in [3.8, 4) is 0 Å². The van der Waals surface area contributed by atoms with E-state index in [-0.39, 0.29) is 18.2 Å². The number of rotatable bonds is 11. The van der Waals surface area contributed by atoms with E-state index in [0.29, 0.717) is 6.42 Å². The second-order valence-electron chi connectivity index (χ2n) is 8.09. The molecule has 1 aliphatic rings. The lowest BCUT2D eigenvalue weighted by molar-refractivity contribution is -0.215. The molecule has 0 aromatic heterocycles. The van der Waals surface area contributed by atoms with Gasteiger partial charge in [-0.3, -0.25) is 4.79 Å². The van der Waals surface area contributed by atoms with Gasteiger partial charge in [-0.15, -0.1) is 0 Å². The van der Waals surface area contributed by atoms with E-state index in [1.807, 2.05) is 30.3 Å². The molecule has 0 N–H and O–H groups in total. The van der Waals surface area contributed by atoms with E-state index in [4.69, 9.17) is 9.47 Å². The van der Waals surface area contributed by atoms with Gasteiger partial charge in [0.1, 0.15) is 0 Å². The quantitative estimate of drug-likeness (QED) is 0.336. The standard InChI is InChI=1S/C24H36O3/c1-19(2)9-7-10-20(3)11-8-14-24-26-18-17-22(27-24)15-16-23(25)21-12-5-4-6-13-21/h4-6,11-13,19,22,24H,7-10,14-18H2,1-3H3. The van der Waals surface area contributed by atoms with Gasteiger partial charge in [-0.2, -0.15) is 0 Å². The van der Waals surface area contributed by atoms with Crippen LogP contribution in [0, 0.1) is 5.92 Å². The van der Waals surface area contributed by atoms with Crippen molar-refractivity contribution in [3.63, 3.8) is 0 Å². The molecule has 0 saturated carbocycles. The minimum absolute atomic E-state index is 0.129. The van der Waals surface area contributed by atoms with Crippen molar-refractivity contribution < 1.29 is 14.3 Å². The van der Waals surface area contributed by atoms with Crippen LogP contribution in [0.15, 0.2) is 42.0 Å². The van der Waals surface area contributed by atoms with Gasteiger partial charge < -0.3 is 9.47 Å². The molecule has 1 saturated heterocycles. The summed E-state index contributed by atoms with van der Waals surface area (Å²) in [7, 11) is 0. The number of carbonyl (C=O) groups excluding carboxylic acids is 1. The fraction of sp³-hybridized carbons (Fsp3) is 0.625. The SMILES string of the molecule is CC(=CCCC1OCCC(CCC(=O)c2ccccc2)O1)CCCC(C)C. The molecule has 1 aliphatic heterocycles. The van der Waals surface area contributed by atoms with Crippen LogP contribution < -0.4 is 0 Å². The van der Waals surface area contributed by atoms with Crippen molar-refractivity contribution in [1.82, 2.24) is 0 Å². The molecule has 0 spiro atoms. The van der Waals surface area contributed by atoms with Crippen LogP contribution >= 0.6 is 0 Å². The Morgan fingerprint density at radius 3 is 2.70 bits per heavy atom. The number of Topliss-reactive ketones (excluding diaryl/α,β-unsaturated/α-hetero) is 1. The van der Waals surface area contributed by atoms with Crippen molar-refractivity contribution in [3.05, 3.63) is 47.5 Å². The third-order valence-corrected chi connectivity index (χ3v) is 5.12. The van der Waals surface area contributed by atoms with E-state index < -0.39 is 0 Å². The third kappa shape index (κ3) is 8.85. The Bertz CT molecular complexity index is 577. The first kappa shape index (κ1) is 21.8. The minimum atomic E-state index is -0.129. The lowest BCUT2D eigenvalue weighted by atomic mass is 10.0. The van der Waals surface area contributed by atoms with Gasteiger partial charge in [0.15, 0.2) is 12.1 Å². The average molecular weight is 373 g/mol. The number of carbonyl (C=O) groups is 1. The van der Waals surface area contributed by atoms with Crippen molar-refractivity contribution in [2.45, 2.75) is 84.5 Å². The van der Waals surface area contributed by atoms with Gasteiger partial charge >= 0.3 is 0 Å². The summed E-state index contributed by atoms with van der Waals surface area (Å²) in [4.78, 5) is 12.2. The molecule has 0 bridgehead atoms.